The highest BCUT2D eigenvalue weighted by molar-refractivity contribution is 5.64. The number of ether oxygens (including phenoxy) is 1. The molecule has 0 aliphatic carbocycles. The fourth-order valence-electron chi connectivity index (χ4n) is 2.94. The number of nitrogens with zero attached hydrogens (tertiary/aromatic N) is 2. The normalized spacial score (nSPS) is 37.3. The number of amides is 1. The van der Waals surface area contributed by atoms with Gasteiger partial charge in [-0.2, -0.15) is 0 Å². The third kappa shape index (κ3) is 2.47. The van der Waals surface area contributed by atoms with Gasteiger partial charge in [-0.1, -0.05) is 0 Å². The van der Waals surface area contributed by atoms with Gasteiger partial charge >= 0.3 is 6.09 Å². The van der Waals surface area contributed by atoms with Crippen molar-refractivity contribution in [2.24, 2.45) is 5.73 Å². The Hall–Kier alpha value is -0.810. The van der Waals surface area contributed by atoms with Gasteiger partial charge in [0.25, 0.3) is 0 Å². The van der Waals surface area contributed by atoms with Crippen molar-refractivity contribution in [3.63, 3.8) is 0 Å². The van der Waals surface area contributed by atoms with E-state index in [0.717, 1.165) is 13.0 Å². The van der Waals surface area contributed by atoms with Crippen molar-refractivity contribution in [1.29, 1.82) is 0 Å². The largest absolute Gasteiger partial charge is 0.449 e. The molecule has 0 aromatic heterocycles. The van der Waals surface area contributed by atoms with Gasteiger partial charge in [-0.15, -0.1) is 0 Å². The first kappa shape index (κ1) is 11.7. The molecule has 0 aromatic rings. The molecule has 3 saturated heterocycles. The Balaban J connectivity index is 1.75. The average molecular weight is 229 g/mol. The Bertz CT molecular complexity index is 256. The summed E-state index contributed by atoms with van der Waals surface area (Å²) in [4.78, 5) is 10.4. The van der Waals surface area contributed by atoms with Crippen LogP contribution in [0.3, 0.4) is 0 Å². The predicted octanol–water partition coefficient (Wildman–Crippen LogP) is -0.238. The molecular weight excluding hydrogens is 206 g/mol. The number of rotatable bonds is 4. The second kappa shape index (κ2) is 4.22. The maximum absolute atomic E-state index is 10.4. The third-order valence-electron chi connectivity index (χ3n) is 4.36. The topological polar surface area (TPSA) is 52.3 Å². The first-order valence-corrected chi connectivity index (χ1v) is 6.15. The number of likely N-dealkylation sites (N-methyl/N-ethyl adjacent to an activating group) is 1. The molecule has 2 N–H and O–H groups in total. The van der Waals surface area contributed by atoms with Crippen molar-refractivity contribution in [2.45, 2.75) is 6.42 Å². The lowest BCUT2D eigenvalue weighted by molar-refractivity contribution is -1.07. The molecule has 0 spiro atoms. The van der Waals surface area contributed by atoms with Crippen molar-refractivity contribution >= 4 is 6.09 Å². The molecule has 0 unspecified atom stereocenters. The summed E-state index contributed by atoms with van der Waals surface area (Å²) in [6.45, 7) is 9.37. The van der Waals surface area contributed by atoms with Crippen LogP contribution in [0, 0.1) is 0 Å². The third-order valence-corrected chi connectivity index (χ3v) is 4.36. The van der Waals surface area contributed by atoms with Gasteiger partial charge in [-0.25, -0.2) is 4.79 Å². The number of carbonyl (C=O) groups is 1. The van der Waals surface area contributed by atoms with E-state index in [1.165, 1.54) is 48.2 Å². The highest BCUT2D eigenvalue weighted by atomic mass is 16.5. The molecule has 3 heterocycles. The zero-order valence-corrected chi connectivity index (χ0v) is 10.2. The van der Waals surface area contributed by atoms with E-state index in [1.54, 1.807) is 0 Å². The van der Waals surface area contributed by atoms with Crippen LogP contribution in [0.5, 0.6) is 0 Å². The van der Waals surface area contributed by atoms with E-state index in [1.807, 2.05) is 0 Å². The van der Waals surface area contributed by atoms with Crippen LogP contribution < -0.4 is 5.73 Å². The average Bonchev–Trinajstić information content (AvgIpc) is 2.27. The summed E-state index contributed by atoms with van der Waals surface area (Å²) in [7, 11) is 2.36. The molecule has 5 nitrogen and oxygen atoms in total. The Morgan fingerprint density at radius 2 is 1.75 bits per heavy atom. The highest BCUT2D eigenvalue weighted by Crippen LogP contribution is 2.24. The maximum Gasteiger partial charge on any atom is 0.404 e. The first-order chi connectivity index (χ1) is 7.54. The van der Waals surface area contributed by atoms with Gasteiger partial charge in [-0.3, -0.25) is 0 Å². The molecular formula is C11H23N3O2+2. The van der Waals surface area contributed by atoms with E-state index in [2.05, 4.69) is 7.05 Å². The van der Waals surface area contributed by atoms with Gasteiger partial charge in [0.1, 0.15) is 39.3 Å². The van der Waals surface area contributed by atoms with Crippen LogP contribution in [-0.2, 0) is 4.74 Å². The number of fused-ring (bicyclic) bond motifs is 3. The molecule has 0 atom stereocenters. The monoisotopic (exact) mass is 229 g/mol. The predicted molar refractivity (Wildman–Crippen MR) is 60.7 cm³/mol. The Morgan fingerprint density at radius 3 is 2.25 bits per heavy atom. The Labute approximate surface area is 96.9 Å². The van der Waals surface area contributed by atoms with Gasteiger partial charge in [0.05, 0.1) is 20.2 Å². The highest BCUT2D eigenvalue weighted by Gasteiger charge is 2.46. The zero-order chi connectivity index (χ0) is 11.6. The van der Waals surface area contributed by atoms with Crippen LogP contribution in [0.15, 0.2) is 0 Å². The van der Waals surface area contributed by atoms with E-state index in [-0.39, 0.29) is 0 Å². The number of nitrogens with two attached hydrogens (primary N) is 1. The molecule has 3 aliphatic rings. The van der Waals surface area contributed by atoms with E-state index in [4.69, 9.17) is 10.5 Å². The fraction of sp³-hybridized carbons (Fsp3) is 0.909. The van der Waals surface area contributed by atoms with Crippen LogP contribution >= 0.6 is 0 Å². The summed E-state index contributed by atoms with van der Waals surface area (Å²) in [6, 6.07) is 0. The number of carbonyl (C=O) groups excluding carboxylic acids is 1. The van der Waals surface area contributed by atoms with Crippen molar-refractivity contribution in [2.75, 3.05) is 59.5 Å². The van der Waals surface area contributed by atoms with Crippen molar-refractivity contribution < 1.29 is 18.5 Å². The Kier molecular flexibility index (Phi) is 3.08. The number of hydrogen-bond donors (Lipinski definition) is 1. The SMILES string of the molecule is C[N+]12CC[N+](CCCOC(N)=O)(CC1)CC2. The van der Waals surface area contributed by atoms with Gasteiger partial charge in [0.15, 0.2) is 0 Å². The van der Waals surface area contributed by atoms with E-state index in [9.17, 15) is 4.79 Å². The summed E-state index contributed by atoms with van der Waals surface area (Å²) in [5.41, 5.74) is 4.93. The first-order valence-electron chi connectivity index (χ1n) is 6.15. The molecule has 0 aromatic carbocycles. The molecule has 0 saturated carbocycles. The second-order valence-electron chi connectivity index (χ2n) is 5.55. The minimum absolute atomic E-state index is 0.474. The van der Waals surface area contributed by atoms with Gasteiger partial charge in [0, 0.05) is 6.42 Å². The number of hydrogen-bond acceptors (Lipinski definition) is 2. The molecule has 2 bridgehead atoms. The van der Waals surface area contributed by atoms with Gasteiger partial charge in [0.2, 0.25) is 0 Å². The van der Waals surface area contributed by atoms with E-state index in [0.29, 0.717) is 6.61 Å². The summed E-state index contributed by atoms with van der Waals surface area (Å²) < 4.78 is 7.27. The second-order valence-corrected chi connectivity index (χ2v) is 5.55. The maximum atomic E-state index is 10.4. The van der Waals surface area contributed by atoms with Crippen molar-refractivity contribution in [3.8, 4) is 0 Å². The van der Waals surface area contributed by atoms with Crippen LogP contribution in [0.4, 0.5) is 4.79 Å². The lowest BCUT2D eigenvalue weighted by atomic mass is 10.1. The summed E-state index contributed by atoms with van der Waals surface area (Å²) >= 11 is 0. The molecule has 5 heteroatoms. The molecule has 92 valence electrons. The molecule has 16 heavy (non-hydrogen) atoms. The zero-order valence-electron chi connectivity index (χ0n) is 10.2. The smallest absolute Gasteiger partial charge is 0.404 e. The molecule has 3 aliphatic heterocycles. The molecule has 0 radical (unpaired) electrons. The van der Waals surface area contributed by atoms with Gasteiger partial charge in [-0.05, 0) is 0 Å². The van der Waals surface area contributed by atoms with Crippen LogP contribution in [0.25, 0.3) is 0 Å². The fourth-order valence-corrected chi connectivity index (χ4v) is 2.94. The van der Waals surface area contributed by atoms with Crippen LogP contribution in [-0.4, -0.2) is 74.5 Å². The molecule has 3 fully saturated rings. The van der Waals surface area contributed by atoms with Gasteiger partial charge < -0.3 is 19.4 Å². The summed E-state index contributed by atoms with van der Waals surface area (Å²) in [5, 5.41) is 0. The summed E-state index contributed by atoms with van der Waals surface area (Å²) in [6.07, 6.45) is 0.286. The summed E-state index contributed by atoms with van der Waals surface area (Å²) in [5.74, 6) is 0. The standard InChI is InChI=1S/C11H22N3O2/c1-13-4-7-14(8-5-13,9-6-13)3-2-10-16-11(12)15/h2-10H2,1H3,(H-,12,15)/q+1/p+1. The lowest BCUT2D eigenvalue weighted by Crippen LogP contribution is -2.73. The van der Waals surface area contributed by atoms with Crippen LogP contribution in [0.2, 0.25) is 0 Å². The molecule has 1 amide bonds. The van der Waals surface area contributed by atoms with Crippen molar-refractivity contribution in [1.82, 2.24) is 0 Å². The number of quaternary nitrogens is 2. The lowest BCUT2D eigenvalue weighted by Gasteiger charge is -2.54. The quantitative estimate of drug-likeness (QED) is 0.534. The number of piperazine rings is 3. The molecule has 3 rings (SSSR count). The van der Waals surface area contributed by atoms with E-state index >= 15 is 0 Å². The minimum atomic E-state index is -0.651. The van der Waals surface area contributed by atoms with Crippen molar-refractivity contribution in [3.05, 3.63) is 0 Å². The van der Waals surface area contributed by atoms with E-state index < -0.39 is 6.09 Å². The Morgan fingerprint density at radius 1 is 1.19 bits per heavy atom. The number of primary amides is 1. The minimum Gasteiger partial charge on any atom is -0.449 e. The van der Waals surface area contributed by atoms with Crippen LogP contribution in [0.1, 0.15) is 6.42 Å².